The van der Waals surface area contributed by atoms with Crippen LogP contribution in [0.1, 0.15) is 5.56 Å². The SMILES string of the molecule is O=[C][SH]1N=Cc2ccccc21. The maximum atomic E-state index is 10.4. The van der Waals surface area contributed by atoms with Crippen molar-refractivity contribution in [3.63, 3.8) is 0 Å². The van der Waals surface area contributed by atoms with E-state index in [1.54, 1.807) is 6.21 Å². The van der Waals surface area contributed by atoms with Gasteiger partial charge in [0.15, 0.2) is 0 Å². The Morgan fingerprint density at radius 2 is 2.18 bits per heavy atom. The van der Waals surface area contributed by atoms with E-state index >= 15 is 0 Å². The van der Waals surface area contributed by atoms with E-state index in [9.17, 15) is 4.79 Å². The Labute approximate surface area is 67.4 Å². The first-order valence-corrected chi connectivity index (χ1v) is 4.52. The Bertz CT molecular complexity index is 322. The zero-order valence-electron chi connectivity index (χ0n) is 5.69. The van der Waals surface area contributed by atoms with Crippen LogP contribution < -0.4 is 0 Å². The lowest BCUT2D eigenvalue weighted by Gasteiger charge is -2.01. The molecule has 1 aromatic carbocycles. The molecule has 0 spiro atoms. The lowest BCUT2D eigenvalue weighted by Crippen LogP contribution is -1.79. The number of nitrogens with zero attached hydrogens (tertiary/aromatic N) is 1. The number of benzene rings is 1. The number of thiol groups is 1. The summed E-state index contributed by atoms with van der Waals surface area (Å²) in [6.45, 7) is 0. The van der Waals surface area contributed by atoms with Crippen LogP contribution in [-0.2, 0) is 4.79 Å². The molecule has 2 nitrogen and oxygen atoms in total. The van der Waals surface area contributed by atoms with Crippen LogP contribution in [-0.4, -0.2) is 11.8 Å². The van der Waals surface area contributed by atoms with Gasteiger partial charge in [-0.25, -0.2) is 4.40 Å². The van der Waals surface area contributed by atoms with Gasteiger partial charge in [0.05, 0.1) is 0 Å². The van der Waals surface area contributed by atoms with Gasteiger partial charge in [-0.1, -0.05) is 29.3 Å². The van der Waals surface area contributed by atoms with Crippen LogP contribution in [0.4, 0.5) is 0 Å². The van der Waals surface area contributed by atoms with Gasteiger partial charge in [0.25, 0.3) is 5.62 Å². The summed E-state index contributed by atoms with van der Waals surface area (Å²) in [4.78, 5) is 11.4. The molecule has 11 heavy (non-hydrogen) atoms. The highest BCUT2D eigenvalue weighted by molar-refractivity contribution is 8.27. The minimum absolute atomic E-state index is 0.995. The van der Waals surface area contributed by atoms with Gasteiger partial charge in [0.2, 0.25) is 0 Å². The molecule has 1 aromatic rings. The first kappa shape index (κ1) is 6.61. The maximum absolute atomic E-state index is 10.4. The average Bonchev–Trinajstić information content (AvgIpc) is 2.47. The molecule has 1 radical (unpaired) electrons. The molecule has 1 unspecified atom stereocenters. The zero-order valence-corrected chi connectivity index (χ0v) is 6.58. The molecule has 0 amide bonds. The predicted octanol–water partition coefficient (Wildman–Crippen LogP) is 1.46. The zero-order chi connectivity index (χ0) is 7.68. The van der Waals surface area contributed by atoms with Gasteiger partial charge in [-0.05, 0) is 6.07 Å². The van der Waals surface area contributed by atoms with Crippen LogP contribution in [0, 0.1) is 0 Å². The van der Waals surface area contributed by atoms with Crippen molar-refractivity contribution >= 4 is 22.9 Å². The van der Waals surface area contributed by atoms with E-state index in [0.717, 1.165) is 10.5 Å². The summed E-state index contributed by atoms with van der Waals surface area (Å²) in [6.07, 6.45) is 1.74. The standard InChI is InChI=1S/C8H6NOS/c10-6-11-8-4-2-1-3-7(8)5-9-11/h1-5,11H. The largest absolute Gasteiger partial charge is 0.277 e. The molecule has 0 bridgehead atoms. The Kier molecular flexibility index (Phi) is 1.51. The highest BCUT2D eigenvalue weighted by atomic mass is 32.2. The molecule has 1 heterocycles. The van der Waals surface area contributed by atoms with Crippen molar-refractivity contribution in [1.29, 1.82) is 0 Å². The molecule has 1 aliphatic heterocycles. The lowest BCUT2D eigenvalue weighted by molar-refractivity contribution is 0.569. The molecule has 0 aromatic heterocycles. The third kappa shape index (κ3) is 0.973. The van der Waals surface area contributed by atoms with E-state index in [1.807, 2.05) is 29.9 Å². The molecule has 0 fully saturated rings. The fourth-order valence-corrected chi connectivity index (χ4v) is 2.16. The number of carbonyl (C=O) groups excluding carboxylic acids is 1. The second kappa shape index (κ2) is 2.51. The molecule has 0 saturated heterocycles. The van der Waals surface area contributed by atoms with E-state index in [-0.39, 0.29) is 0 Å². The third-order valence-corrected chi connectivity index (χ3v) is 2.95. The minimum Gasteiger partial charge on any atom is -0.277 e. The van der Waals surface area contributed by atoms with Crippen molar-refractivity contribution in [3.8, 4) is 0 Å². The quantitative estimate of drug-likeness (QED) is 0.625. The second-order valence-corrected chi connectivity index (χ2v) is 3.73. The van der Waals surface area contributed by atoms with Crippen LogP contribution in [0.5, 0.6) is 0 Å². The average molecular weight is 164 g/mol. The van der Waals surface area contributed by atoms with E-state index in [1.165, 1.54) is 0 Å². The number of hydrogen-bond acceptors (Lipinski definition) is 2. The van der Waals surface area contributed by atoms with Crippen molar-refractivity contribution in [2.45, 2.75) is 4.90 Å². The van der Waals surface area contributed by atoms with E-state index < -0.39 is 11.1 Å². The summed E-state index contributed by atoms with van der Waals surface area (Å²) in [5.41, 5.74) is 2.99. The van der Waals surface area contributed by atoms with Gasteiger partial charge < -0.3 is 0 Å². The molecule has 0 saturated carbocycles. The van der Waals surface area contributed by atoms with E-state index in [2.05, 4.69) is 4.40 Å². The van der Waals surface area contributed by atoms with Crippen molar-refractivity contribution in [1.82, 2.24) is 0 Å². The predicted molar refractivity (Wildman–Crippen MR) is 47.0 cm³/mol. The lowest BCUT2D eigenvalue weighted by atomic mass is 10.2. The van der Waals surface area contributed by atoms with Crippen molar-refractivity contribution < 1.29 is 4.79 Å². The molecule has 1 atom stereocenters. The highest BCUT2D eigenvalue weighted by Gasteiger charge is 2.13. The van der Waals surface area contributed by atoms with Gasteiger partial charge in [-0.2, -0.15) is 0 Å². The van der Waals surface area contributed by atoms with Gasteiger partial charge in [0, 0.05) is 16.7 Å². The molecule has 55 valence electrons. The van der Waals surface area contributed by atoms with Crippen molar-refractivity contribution in [2.75, 3.05) is 0 Å². The monoisotopic (exact) mass is 164 g/mol. The normalized spacial score (nSPS) is 23.1. The number of rotatable bonds is 1. The first-order valence-electron chi connectivity index (χ1n) is 3.23. The fourth-order valence-electron chi connectivity index (χ4n) is 1.04. The summed E-state index contributed by atoms with van der Waals surface area (Å²) in [7, 11) is 0. The minimum atomic E-state index is -0.995. The van der Waals surface area contributed by atoms with Crippen molar-refractivity contribution in [3.05, 3.63) is 29.8 Å². The summed E-state index contributed by atoms with van der Waals surface area (Å²) < 4.78 is 4.04. The smallest absolute Gasteiger partial charge is 0.269 e. The molecular formula is C8H6NOS. The second-order valence-electron chi connectivity index (χ2n) is 2.21. The van der Waals surface area contributed by atoms with Crippen LogP contribution in [0.2, 0.25) is 0 Å². The number of hydrogen-bond donors (Lipinski definition) is 1. The van der Waals surface area contributed by atoms with Crippen LogP contribution >= 0.6 is 11.1 Å². The van der Waals surface area contributed by atoms with Gasteiger partial charge in [-0.3, -0.25) is 4.79 Å². The van der Waals surface area contributed by atoms with E-state index in [4.69, 9.17) is 0 Å². The summed E-state index contributed by atoms with van der Waals surface area (Å²) in [6, 6.07) is 7.74. The van der Waals surface area contributed by atoms with Crippen LogP contribution in [0.3, 0.4) is 0 Å². The van der Waals surface area contributed by atoms with Crippen LogP contribution in [0.25, 0.3) is 0 Å². The molecule has 1 aliphatic rings. The molecule has 3 heteroatoms. The van der Waals surface area contributed by atoms with E-state index in [0.29, 0.717) is 0 Å². The maximum Gasteiger partial charge on any atom is 0.269 e. The molecule has 0 N–H and O–H groups in total. The Morgan fingerprint density at radius 3 is 3.00 bits per heavy atom. The highest BCUT2D eigenvalue weighted by Crippen LogP contribution is 2.40. The molecular weight excluding hydrogens is 158 g/mol. The Hall–Kier alpha value is -1.09. The Balaban J connectivity index is 2.53. The summed E-state index contributed by atoms with van der Waals surface area (Å²) >= 11 is -0.995. The third-order valence-electron chi connectivity index (χ3n) is 1.56. The van der Waals surface area contributed by atoms with Gasteiger partial charge in [-0.15, -0.1) is 0 Å². The van der Waals surface area contributed by atoms with Gasteiger partial charge >= 0.3 is 0 Å². The fraction of sp³-hybridized carbons (Fsp3) is 0. The van der Waals surface area contributed by atoms with Crippen LogP contribution in [0.15, 0.2) is 33.6 Å². The molecule has 2 rings (SSSR count). The Morgan fingerprint density at radius 1 is 1.36 bits per heavy atom. The van der Waals surface area contributed by atoms with Gasteiger partial charge in [0.1, 0.15) is 0 Å². The molecule has 0 aliphatic carbocycles. The summed E-state index contributed by atoms with van der Waals surface area (Å²) in [5.74, 6) is 0. The van der Waals surface area contributed by atoms with Crippen molar-refractivity contribution in [2.24, 2.45) is 4.40 Å². The first-order chi connectivity index (χ1) is 5.42. The number of fused-ring (bicyclic) bond motifs is 1. The topological polar surface area (TPSA) is 29.4 Å². The summed E-state index contributed by atoms with van der Waals surface area (Å²) in [5, 5.41) is 0.